The number of rotatable bonds is 7. The molecule has 0 saturated carbocycles. The third-order valence-electron chi connectivity index (χ3n) is 8.33. The number of aliphatic imine (C=N–C) groups is 1. The molecule has 0 fully saturated rings. The van der Waals surface area contributed by atoms with Crippen molar-refractivity contribution in [3.8, 4) is 22.3 Å². The average molecular weight is 583 g/mol. The molecule has 0 spiro atoms. The zero-order valence-electron chi connectivity index (χ0n) is 25.1. The highest BCUT2D eigenvalue weighted by Crippen LogP contribution is 2.39. The van der Waals surface area contributed by atoms with Gasteiger partial charge in [0.1, 0.15) is 18.2 Å². The number of hydrogen-bond acceptors (Lipinski definition) is 4. The van der Waals surface area contributed by atoms with Crippen LogP contribution < -0.4 is 10.6 Å². The number of fused-ring (bicyclic) bond motifs is 1. The smallest absolute Gasteiger partial charge is 0.131 e. The summed E-state index contributed by atoms with van der Waals surface area (Å²) in [6.07, 6.45) is 3.43. The fraction of sp³-hybridized carbons (Fsp3) is 0.0732. The number of allylic oxidation sites excluding steroid dienone is 2. The highest BCUT2D eigenvalue weighted by Gasteiger charge is 2.25. The molecule has 0 bridgehead atoms. The van der Waals surface area contributed by atoms with E-state index >= 15 is 0 Å². The molecule has 0 aliphatic carbocycles. The second-order valence-corrected chi connectivity index (χ2v) is 11.2. The lowest BCUT2D eigenvalue weighted by molar-refractivity contribution is 0.409. The maximum Gasteiger partial charge on any atom is 0.131 e. The van der Waals surface area contributed by atoms with Gasteiger partial charge < -0.3 is 10.7 Å². The van der Waals surface area contributed by atoms with Crippen molar-refractivity contribution >= 4 is 22.3 Å². The van der Waals surface area contributed by atoms with Crippen LogP contribution in [-0.2, 0) is 0 Å². The lowest BCUT2D eigenvalue weighted by atomic mass is 9.89. The Morgan fingerprint density at radius 3 is 2.04 bits per heavy atom. The zero-order valence-corrected chi connectivity index (χ0v) is 25.1. The molecule has 7 rings (SSSR count). The maximum absolute atomic E-state index is 8.31. The van der Waals surface area contributed by atoms with Crippen molar-refractivity contribution in [1.82, 2.24) is 10.6 Å². The number of amidine groups is 1. The molecule has 6 aromatic rings. The van der Waals surface area contributed by atoms with E-state index in [1.54, 1.807) is 0 Å². The molecular formula is C41H34N4. The molecule has 0 aromatic heterocycles. The second-order valence-electron chi connectivity index (χ2n) is 11.2. The molecule has 0 radical (unpaired) electrons. The molecule has 2 atom stereocenters. The molecule has 0 saturated heterocycles. The Morgan fingerprint density at radius 1 is 0.644 bits per heavy atom. The Bertz CT molecular complexity index is 2010. The summed E-state index contributed by atoms with van der Waals surface area (Å²) in [5, 5.41) is 18.0. The summed E-state index contributed by atoms with van der Waals surface area (Å²) in [7, 11) is 0. The molecule has 6 aromatic carbocycles. The van der Waals surface area contributed by atoms with Gasteiger partial charge in [0.05, 0.1) is 5.71 Å². The summed E-state index contributed by atoms with van der Waals surface area (Å²) >= 11 is 0. The normalized spacial score (nSPS) is 16.3. The highest BCUT2D eigenvalue weighted by molar-refractivity contribution is 6.07. The summed E-state index contributed by atoms with van der Waals surface area (Å²) in [6, 6.07) is 50.9. The Labute approximate surface area is 264 Å². The number of benzene rings is 6. The zero-order chi connectivity index (χ0) is 30.6. The van der Waals surface area contributed by atoms with Gasteiger partial charge in [0, 0.05) is 5.56 Å². The predicted octanol–water partition coefficient (Wildman–Crippen LogP) is 9.45. The van der Waals surface area contributed by atoms with Gasteiger partial charge in [0.15, 0.2) is 0 Å². The first-order valence-electron chi connectivity index (χ1n) is 15.3. The van der Waals surface area contributed by atoms with Crippen LogP contribution in [-0.4, -0.2) is 11.5 Å². The van der Waals surface area contributed by atoms with Gasteiger partial charge in [-0.3, -0.25) is 5.32 Å². The van der Waals surface area contributed by atoms with Gasteiger partial charge in [0.25, 0.3) is 0 Å². The molecule has 0 amide bonds. The molecule has 1 aliphatic rings. The van der Waals surface area contributed by atoms with Crippen LogP contribution in [0.5, 0.6) is 0 Å². The number of hydrogen-bond donors (Lipinski definition) is 3. The van der Waals surface area contributed by atoms with Crippen LogP contribution in [0, 0.1) is 5.41 Å². The van der Waals surface area contributed by atoms with Gasteiger partial charge in [-0.2, -0.15) is 0 Å². The molecule has 45 heavy (non-hydrogen) atoms. The Morgan fingerprint density at radius 2 is 1.31 bits per heavy atom. The molecule has 2 unspecified atom stereocenters. The highest BCUT2D eigenvalue weighted by atomic mass is 15.3. The first-order valence-corrected chi connectivity index (χ1v) is 15.3. The van der Waals surface area contributed by atoms with Gasteiger partial charge in [-0.05, 0) is 62.7 Å². The van der Waals surface area contributed by atoms with Crippen molar-refractivity contribution < 1.29 is 0 Å². The quantitative estimate of drug-likeness (QED) is 0.164. The Balaban J connectivity index is 1.28. The van der Waals surface area contributed by atoms with Crippen LogP contribution in [0.3, 0.4) is 0 Å². The molecule has 1 aliphatic heterocycles. The third kappa shape index (κ3) is 5.84. The van der Waals surface area contributed by atoms with Crippen molar-refractivity contribution in [2.75, 3.05) is 0 Å². The first-order chi connectivity index (χ1) is 22.2. The summed E-state index contributed by atoms with van der Waals surface area (Å²) in [5.74, 6) is 0.875. The minimum atomic E-state index is -0.215. The van der Waals surface area contributed by atoms with Crippen molar-refractivity contribution in [2.45, 2.75) is 19.3 Å². The van der Waals surface area contributed by atoms with Crippen LogP contribution in [0.25, 0.3) is 33.0 Å². The summed E-state index contributed by atoms with van der Waals surface area (Å²) in [6.45, 7) is 1.94. The van der Waals surface area contributed by atoms with E-state index < -0.39 is 0 Å². The predicted molar refractivity (Wildman–Crippen MR) is 188 cm³/mol. The monoisotopic (exact) mass is 582 g/mol. The summed E-state index contributed by atoms with van der Waals surface area (Å²) < 4.78 is 0. The van der Waals surface area contributed by atoms with Gasteiger partial charge in [0.2, 0.25) is 0 Å². The van der Waals surface area contributed by atoms with Crippen molar-refractivity contribution in [3.63, 3.8) is 0 Å². The van der Waals surface area contributed by atoms with Gasteiger partial charge in [-0.25, -0.2) is 4.99 Å². The Hall–Kier alpha value is -5.58. The fourth-order valence-electron chi connectivity index (χ4n) is 6.04. The van der Waals surface area contributed by atoms with E-state index in [2.05, 4.69) is 120 Å². The van der Waals surface area contributed by atoms with E-state index in [0.717, 1.165) is 39.2 Å². The van der Waals surface area contributed by atoms with Crippen LogP contribution in [0.4, 0.5) is 0 Å². The van der Waals surface area contributed by atoms with E-state index in [1.807, 2.05) is 55.5 Å². The first kappa shape index (κ1) is 28.2. The SMILES string of the molecule is C/C=C\C(=N)c1ccc(-c2ccc3ccccc3c2-c2ccc(C3N=C(c4ccccc4)NC(c4ccccc4)N3)cc2)cc1. The molecule has 4 nitrogen and oxygen atoms in total. The summed E-state index contributed by atoms with van der Waals surface area (Å²) in [4.78, 5) is 5.12. The lowest BCUT2D eigenvalue weighted by Gasteiger charge is -2.32. The van der Waals surface area contributed by atoms with Crippen LogP contribution in [0.15, 0.2) is 163 Å². The Kier molecular flexibility index (Phi) is 7.88. The second kappa shape index (κ2) is 12.6. The van der Waals surface area contributed by atoms with Crippen LogP contribution in [0.2, 0.25) is 0 Å². The number of nitrogens with zero attached hydrogens (tertiary/aromatic N) is 1. The molecule has 1 heterocycles. The average Bonchev–Trinajstić information content (AvgIpc) is 3.12. The largest absolute Gasteiger partial charge is 0.350 e. The number of nitrogens with one attached hydrogen (secondary N) is 3. The minimum Gasteiger partial charge on any atom is -0.350 e. The van der Waals surface area contributed by atoms with Crippen LogP contribution in [0.1, 0.15) is 41.5 Å². The third-order valence-corrected chi connectivity index (χ3v) is 8.33. The van der Waals surface area contributed by atoms with Crippen molar-refractivity contribution in [1.29, 1.82) is 5.41 Å². The van der Waals surface area contributed by atoms with E-state index in [9.17, 15) is 0 Å². The minimum absolute atomic E-state index is 0.0782. The topological polar surface area (TPSA) is 60.3 Å². The van der Waals surface area contributed by atoms with Gasteiger partial charge >= 0.3 is 0 Å². The van der Waals surface area contributed by atoms with Crippen molar-refractivity contribution in [3.05, 3.63) is 180 Å². The summed E-state index contributed by atoms with van der Waals surface area (Å²) in [5.41, 5.74) is 9.38. The molecule has 218 valence electrons. The van der Waals surface area contributed by atoms with Crippen LogP contribution >= 0.6 is 0 Å². The van der Waals surface area contributed by atoms with E-state index in [4.69, 9.17) is 10.4 Å². The van der Waals surface area contributed by atoms with E-state index in [0.29, 0.717) is 5.71 Å². The molecule has 3 N–H and O–H groups in total. The molecule has 4 heteroatoms. The molecular weight excluding hydrogens is 548 g/mol. The standard InChI is InChI=1S/C41H34N4/c1-2-11-37(42)30-20-18-29(19-21-30)36-27-26-28-12-9-10-17-35(28)38(36)31-22-24-34(25-23-31)41-44-39(32-13-5-3-6-14-32)43-40(45-41)33-15-7-4-8-16-33/h2-27,39,41-42,44H,1H3,(H,43,45)/b11-2-,42-37?. The van der Waals surface area contributed by atoms with Crippen molar-refractivity contribution in [2.24, 2.45) is 4.99 Å². The van der Waals surface area contributed by atoms with E-state index in [-0.39, 0.29) is 12.3 Å². The fourth-order valence-corrected chi connectivity index (χ4v) is 6.04. The lowest BCUT2D eigenvalue weighted by Crippen LogP contribution is -2.44. The van der Waals surface area contributed by atoms with E-state index in [1.165, 1.54) is 21.9 Å². The maximum atomic E-state index is 8.31. The van der Waals surface area contributed by atoms with Gasteiger partial charge in [-0.15, -0.1) is 0 Å². The van der Waals surface area contributed by atoms with Gasteiger partial charge in [-0.1, -0.05) is 152 Å².